The fourth-order valence-electron chi connectivity index (χ4n) is 2.40. The van der Waals surface area contributed by atoms with Crippen LogP contribution >= 0.6 is 11.6 Å². The van der Waals surface area contributed by atoms with Gasteiger partial charge >= 0.3 is 0 Å². The average molecular weight is 318 g/mol. The first-order valence-electron chi connectivity index (χ1n) is 6.75. The molecule has 1 aromatic carbocycles. The molecule has 22 heavy (non-hydrogen) atoms. The summed E-state index contributed by atoms with van der Waals surface area (Å²) in [6, 6.07) is 9.41. The summed E-state index contributed by atoms with van der Waals surface area (Å²) in [5.41, 5.74) is 8.78. The molecule has 0 spiro atoms. The smallest absolute Gasteiger partial charge is 0.160 e. The molecule has 5 nitrogen and oxygen atoms in total. The van der Waals surface area contributed by atoms with E-state index in [2.05, 4.69) is 4.98 Å². The van der Waals surface area contributed by atoms with Gasteiger partial charge in [-0.25, -0.2) is 4.98 Å². The molecule has 2 heterocycles. The third kappa shape index (κ3) is 2.55. The number of nitrogen functional groups attached to an aromatic ring is 1. The Bertz CT molecular complexity index is 830. The Labute approximate surface area is 133 Å². The summed E-state index contributed by atoms with van der Waals surface area (Å²) in [5.74, 6) is 1.97. The van der Waals surface area contributed by atoms with E-state index in [0.717, 1.165) is 16.9 Å². The van der Waals surface area contributed by atoms with Crippen LogP contribution in [0.4, 0.5) is 5.82 Å². The van der Waals surface area contributed by atoms with E-state index >= 15 is 0 Å². The molecule has 3 aromatic rings. The first kappa shape index (κ1) is 14.5. The highest BCUT2D eigenvalue weighted by Gasteiger charge is 2.12. The largest absolute Gasteiger partial charge is 0.493 e. The number of ether oxygens (including phenoxy) is 2. The van der Waals surface area contributed by atoms with E-state index in [-0.39, 0.29) is 0 Å². The fourth-order valence-corrected chi connectivity index (χ4v) is 2.56. The van der Waals surface area contributed by atoms with E-state index in [1.807, 2.05) is 24.3 Å². The second-order valence-corrected chi connectivity index (χ2v) is 5.32. The second kappa shape index (κ2) is 5.77. The van der Waals surface area contributed by atoms with Crippen molar-refractivity contribution in [2.24, 2.45) is 0 Å². The van der Waals surface area contributed by atoms with Gasteiger partial charge in [0.1, 0.15) is 11.5 Å². The summed E-state index contributed by atoms with van der Waals surface area (Å²) in [5, 5.41) is 0.620. The van der Waals surface area contributed by atoms with Gasteiger partial charge < -0.3 is 15.2 Å². The average Bonchev–Trinajstić information content (AvgIpc) is 2.83. The first-order chi connectivity index (χ1) is 10.6. The van der Waals surface area contributed by atoms with Crippen molar-refractivity contribution >= 4 is 23.1 Å². The zero-order chi connectivity index (χ0) is 15.7. The van der Waals surface area contributed by atoms with Crippen molar-refractivity contribution in [3.05, 3.63) is 52.8 Å². The van der Waals surface area contributed by atoms with Crippen molar-refractivity contribution in [3.63, 3.8) is 0 Å². The molecule has 2 aromatic heterocycles. The lowest BCUT2D eigenvalue weighted by Crippen LogP contribution is -1.98. The van der Waals surface area contributed by atoms with Gasteiger partial charge in [0, 0.05) is 12.6 Å². The summed E-state index contributed by atoms with van der Waals surface area (Å²) in [6.07, 6.45) is 2.36. The number of nitrogens with two attached hydrogens (primary N) is 1. The van der Waals surface area contributed by atoms with Crippen LogP contribution in [0.1, 0.15) is 11.3 Å². The molecule has 0 aliphatic carbocycles. The minimum atomic E-state index is 0.590. The van der Waals surface area contributed by atoms with Gasteiger partial charge in [0.05, 0.1) is 24.9 Å². The lowest BCUT2D eigenvalue weighted by atomic mass is 10.1. The van der Waals surface area contributed by atoms with Gasteiger partial charge in [-0.2, -0.15) is 0 Å². The van der Waals surface area contributed by atoms with Crippen LogP contribution in [0.3, 0.4) is 0 Å². The van der Waals surface area contributed by atoms with Crippen molar-refractivity contribution in [3.8, 4) is 11.5 Å². The zero-order valence-electron chi connectivity index (χ0n) is 12.3. The van der Waals surface area contributed by atoms with E-state index in [1.54, 1.807) is 30.9 Å². The highest BCUT2D eigenvalue weighted by atomic mass is 35.5. The molecule has 0 bridgehead atoms. The van der Waals surface area contributed by atoms with Crippen LogP contribution in [0.25, 0.3) is 5.65 Å². The number of halogens is 1. The molecule has 0 radical (unpaired) electrons. The summed E-state index contributed by atoms with van der Waals surface area (Å²) in [4.78, 5) is 4.55. The Morgan fingerprint density at radius 3 is 2.64 bits per heavy atom. The summed E-state index contributed by atoms with van der Waals surface area (Å²) < 4.78 is 12.4. The Kier molecular flexibility index (Phi) is 3.81. The van der Waals surface area contributed by atoms with E-state index < -0.39 is 0 Å². The third-order valence-corrected chi connectivity index (χ3v) is 3.74. The summed E-state index contributed by atoms with van der Waals surface area (Å²) in [7, 11) is 3.23. The quantitative estimate of drug-likeness (QED) is 0.803. The predicted molar refractivity (Wildman–Crippen MR) is 87.0 cm³/mol. The number of rotatable bonds is 4. The molecule has 0 unspecified atom stereocenters. The molecular weight excluding hydrogens is 302 g/mol. The van der Waals surface area contributed by atoms with Crippen molar-refractivity contribution < 1.29 is 9.47 Å². The van der Waals surface area contributed by atoms with Gasteiger partial charge in [-0.1, -0.05) is 17.7 Å². The first-order valence-corrected chi connectivity index (χ1v) is 7.13. The Balaban J connectivity index is 1.98. The number of nitrogens with zero attached hydrogens (tertiary/aromatic N) is 2. The van der Waals surface area contributed by atoms with Crippen molar-refractivity contribution in [1.82, 2.24) is 9.38 Å². The molecule has 0 saturated carbocycles. The molecule has 0 aliphatic heterocycles. The molecule has 0 amide bonds. The molecule has 0 aliphatic rings. The number of methoxy groups -OCH3 is 2. The van der Waals surface area contributed by atoms with Crippen LogP contribution in [0, 0.1) is 0 Å². The topological polar surface area (TPSA) is 61.8 Å². The zero-order valence-corrected chi connectivity index (χ0v) is 13.1. The van der Waals surface area contributed by atoms with Gasteiger partial charge in [-0.05, 0) is 29.8 Å². The Hall–Kier alpha value is -2.40. The van der Waals surface area contributed by atoms with Crippen LogP contribution in [0.5, 0.6) is 11.5 Å². The van der Waals surface area contributed by atoms with E-state index in [1.165, 1.54) is 0 Å². The minimum absolute atomic E-state index is 0.590. The van der Waals surface area contributed by atoms with Crippen molar-refractivity contribution in [2.75, 3.05) is 20.0 Å². The third-order valence-electron chi connectivity index (χ3n) is 3.52. The van der Waals surface area contributed by atoms with Crippen LogP contribution in [-0.4, -0.2) is 23.6 Å². The van der Waals surface area contributed by atoms with Crippen LogP contribution in [0.15, 0.2) is 36.5 Å². The lowest BCUT2D eigenvalue weighted by Gasteiger charge is -2.09. The number of imidazole rings is 1. The SMILES string of the molecule is COc1ccc(Cc2nc3ccc(Cl)cn3c2N)cc1OC. The maximum Gasteiger partial charge on any atom is 0.160 e. The van der Waals surface area contributed by atoms with Crippen LogP contribution in [0.2, 0.25) is 5.02 Å². The molecule has 2 N–H and O–H groups in total. The number of anilines is 1. The maximum absolute atomic E-state index is 6.17. The number of fused-ring (bicyclic) bond motifs is 1. The predicted octanol–water partition coefficient (Wildman–Crippen LogP) is 3.18. The monoisotopic (exact) mass is 317 g/mol. The van der Waals surface area contributed by atoms with E-state index in [9.17, 15) is 0 Å². The van der Waals surface area contributed by atoms with Crippen LogP contribution < -0.4 is 15.2 Å². The molecular formula is C16H16ClN3O2. The summed E-state index contributed by atoms with van der Waals surface area (Å²) in [6.45, 7) is 0. The molecule has 0 saturated heterocycles. The fraction of sp³-hybridized carbons (Fsp3) is 0.188. The lowest BCUT2D eigenvalue weighted by molar-refractivity contribution is 0.354. The van der Waals surface area contributed by atoms with Gasteiger partial charge in [-0.3, -0.25) is 4.40 Å². The number of benzene rings is 1. The highest BCUT2D eigenvalue weighted by Crippen LogP contribution is 2.29. The minimum Gasteiger partial charge on any atom is -0.493 e. The molecule has 0 fully saturated rings. The Morgan fingerprint density at radius 1 is 1.14 bits per heavy atom. The molecule has 114 valence electrons. The molecule has 3 rings (SSSR count). The number of aromatic nitrogens is 2. The number of pyridine rings is 1. The van der Waals surface area contributed by atoms with Crippen molar-refractivity contribution in [2.45, 2.75) is 6.42 Å². The number of hydrogen-bond donors (Lipinski definition) is 1. The number of hydrogen-bond acceptors (Lipinski definition) is 4. The molecule has 6 heteroatoms. The van der Waals surface area contributed by atoms with Gasteiger partial charge in [-0.15, -0.1) is 0 Å². The summed E-state index contributed by atoms with van der Waals surface area (Å²) >= 11 is 6.00. The highest BCUT2D eigenvalue weighted by molar-refractivity contribution is 6.30. The normalized spacial score (nSPS) is 10.9. The van der Waals surface area contributed by atoms with Gasteiger partial charge in [0.2, 0.25) is 0 Å². The van der Waals surface area contributed by atoms with Crippen LogP contribution in [-0.2, 0) is 6.42 Å². The van der Waals surface area contributed by atoms with Gasteiger partial charge in [0.15, 0.2) is 11.5 Å². The van der Waals surface area contributed by atoms with Gasteiger partial charge in [0.25, 0.3) is 0 Å². The van der Waals surface area contributed by atoms with E-state index in [0.29, 0.717) is 28.8 Å². The maximum atomic E-state index is 6.17. The van der Waals surface area contributed by atoms with Crippen molar-refractivity contribution in [1.29, 1.82) is 0 Å². The standard InChI is InChI=1S/C16H16ClN3O2/c1-21-13-5-3-10(8-14(13)22-2)7-12-16(18)20-9-11(17)4-6-15(20)19-12/h3-6,8-9H,7,18H2,1-2H3. The molecule has 0 atom stereocenters. The Morgan fingerprint density at radius 2 is 1.91 bits per heavy atom. The second-order valence-electron chi connectivity index (χ2n) is 4.89. The van der Waals surface area contributed by atoms with E-state index in [4.69, 9.17) is 26.8 Å².